The monoisotopic (exact) mass is 502 g/mol. The third kappa shape index (κ3) is 6.19. The number of anilines is 2. The van der Waals surface area contributed by atoms with E-state index < -0.39 is 0 Å². The summed E-state index contributed by atoms with van der Waals surface area (Å²) in [5.41, 5.74) is 2.51. The number of benzene rings is 3. The Morgan fingerprint density at radius 1 is 0.784 bits per heavy atom. The first-order valence-corrected chi connectivity index (χ1v) is 12.0. The molecule has 0 radical (unpaired) electrons. The predicted molar refractivity (Wildman–Crippen MR) is 142 cm³/mol. The van der Waals surface area contributed by atoms with E-state index in [4.69, 9.17) is 9.47 Å². The molecule has 1 aliphatic rings. The van der Waals surface area contributed by atoms with Gasteiger partial charge in [-0.3, -0.25) is 14.4 Å². The van der Waals surface area contributed by atoms with E-state index >= 15 is 0 Å². The lowest BCUT2D eigenvalue weighted by Crippen LogP contribution is -2.51. The highest BCUT2D eigenvalue weighted by Gasteiger charge is 2.24. The van der Waals surface area contributed by atoms with Gasteiger partial charge >= 0.3 is 0 Å². The van der Waals surface area contributed by atoms with E-state index in [1.54, 1.807) is 29.2 Å². The number of carbonyl (C=O) groups excluding carboxylic acids is 3. The van der Waals surface area contributed by atoms with E-state index in [9.17, 15) is 14.4 Å². The molecule has 0 bridgehead atoms. The number of methoxy groups -OCH3 is 2. The van der Waals surface area contributed by atoms with Gasteiger partial charge in [0, 0.05) is 43.1 Å². The number of carbonyl (C=O) groups is 3. The van der Waals surface area contributed by atoms with Crippen molar-refractivity contribution in [2.24, 2.45) is 0 Å². The van der Waals surface area contributed by atoms with Crippen molar-refractivity contribution in [3.05, 3.63) is 83.9 Å². The quantitative estimate of drug-likeness (QED) is 0.491. The Morgan fingerprint density at radius 3 is 2.16 bits per heavy atom. The van der Waals surface area contributed by atoms with E-state index in [1.165, 1.54) is 14.2 Å². The van der Waals surface area contributed by atoms with Crippen molar-refractivity contribution < 1.29 is 23.9 Å². The molecule has 0 saturated carbocycles. The Kier molecular flexibility index (Phi) is 8.25. The lowest BCUT2D eigenvalue weighted by molar-refractivity contribution is -0.130. The van der Waals surface area contributed by atoms with Crippen LogP contribution in [0, 0.1) is 0 Å². The summed E-state index contributed by atoms with van der Waals surface area (Å²) in [6.45, 7) is 2.01. The van der Waals surface area contributed by atoms with Crippen LogP contribution in [0.15, 0.2) is 72.8 Å². The number of amides is 3. The number of rotatable bonds is 8. The standard InChI is InChI=1S/C28H30N4O5/c1-36-24-13-12-20(18-25(24)37-2)27(34)29-19-26(33)32-16-14-31(15-17-32)23-11-7-6-10-22(23)28(35)30-21-8-4-3-5-9-21/h3-13,18H,14-17,19H2,1-2H3,(H,29,34)(H,30,35). The van der Waals surface area contributed by atoms with Crippen LogP contribution >= 0.6 is 0 Å². The van der Waals surface area contributed by atoms with Gasteiger partial charge in [-0.15, -0.1) is 0 Å². The third-order valence-electron chi connectivity index (χ3n) is 6.20. The maximum absolute atomic E-state index is 12.9. The fraction of sp³-hybridized carbons (Fsp3) is 0.250. The van der Waals surface area contributed by atoms with Crippen molar-refractivity contribution >= 4 is 29.1 Å². The summed E-state index contributed by atoms with van der Waals surface area (Å²) in [5, 5.41) is 5.62. The van der Waals surface area contributed by atoms with Crippen LogP contribution in [0.5, 0.6) is 11.5 Å². The minimum atomic E-state index is -0.369. The molecule has 2 N–H and O–H groups in total. The van der Waals surface area contributed by atoms with Gasteiger partial charge in [-0.2, -0.15) is 0 Å². The molecule has 0 atom stereocenters. The minimum absolute atomic E-state index is 0.108. The van der Waals surface area contributed by atoms with E-state index in [-0.39, 0.29) is 24.3 Å². The van der Waals surface area contributed by atoms with Crippen LogP contribution in [0.4, 0.5) is 11.4 Å². The van der Waals surface area contributed by atoms with E-state index in [2.05, 4.69) is 15.5 Å². The number of hydrogen-bond donors (Lipinski definition) is 2. The molecule has 9 heteroatoms. The number of hydrogen-bond acceptors (Lipinski definition) is 6. The molecule has 1 saturated heterocycles. The Hall–Kier alpha value is -4.53. The molecule has 37 heavy (non-hydrogen) atoms. The van der Waals surface area contributed by atoms with Crippen molar-refractivity contribution in [3.63, 3.8) is 0 Å². The van der Waals surface area contributed by atoms with Crippen molar-refractivity contribution in [2.45, 2.75) is 0 Å². The van der Waals surface area contributed by atoms with Gasteiger partial charge in [0.05, 0.1) is 26.3 Å². The molecule has 0 aliphatic carbocycles. The number of piperazine rings is 1. The Morgan fingerprint density at radius 2 is 1.46 bits per heavy atom. The molecule has 4 rings (SSSR count). The van der Waals surface area contributed by atoms with E-state index in [0.29, 0.717) is 48.8 Å². The molecule has 192 valence electrons. The van der Waals surface area contributed by atoms with Crippen LogP contribution < -0.4 is 25.0 Å². The molecule has 0 aromatic heterocycles. The Labute approximate surface area is 216 Å². The highest BCUT2D eigenvalue weighted by molar-refractivity contribution is 6.08. The molecule has 0 unspecified atom stereocenters. The van der Waals surface area contributed by atoms with Crippen molar-refractivity contribution in [1.29, 1.82) is 0 Å². The zero-order valence-electron chi connectivity index (χ0n) is 20.9. The molecule has 0 spiro atoms. The molecular weight excluding hydrogens is 472 g/mol. The summed E-state index contributed by atoms with van der Waals surface area (Å²) in [6, 6.07) is 21.6. The second-order valence-corrected chi connectivity index (χ2v) is 8.46. The fourth-order valence-corrected chi connectivity index (χ4v) is 4.21. The van der Waals surface area contributed by atoms with Gasteiger partial charge in [-0.1, -0.05) is 30.3 Å². The predicted octanol–water partition coefficient (Wildman–Crippen LogP) is 3.03. The third-order valence-corrected chi connectivity index (χ3v) is 6.20. The van der Waals surface area contributed by atoms with Crippen LogP contribution in [-0.2, 0) is 4.79 Å². The highest BCUT2D eigenvalue weighted by Crippen LogP contribution is 2.27. The van der Waals surface area contributed by atoms with Gasteiger partial charge < -0.3 is 29.9 Å². The van der Waals surface area contributed by atoms with Gasteiger partial charge in [-0.05, 0) is 42.5 Å². The average Bonchev–Trinajstić information content (AvgIpc) is 2.95. The lowest BCUT2D eigenvalue weighted by atomic mass is 10.1. The van der Waals surface area contributed by atoms with Crippen molar-refractivity contribution in [2.75, 3.05) is 57.2 Å². The molecule has 1 heterocycles. The number of para-hydroxylation sites is 2. The molecule has 9 nitrogen and oxygen atoms in total. The average molecular weight is 503 g/mol. The van der Waals surface area contributed by atoms with Crippen LogP contribution in [0.25, 0.3) is 0 Å². The summed E-state index contributed by atoms with van der Waals surface area (Å²) in [5.74, 6) is 0.246. The first kappa shape index (κ1) is 25.6. The minimum Gasteiger partial charge on any atom is -0.493 e. The molecule has 3 aromatic carbocycles. The molecule has 1 fully saturated rings. The van der Waals surface area contributed by atoms with Crippen LogP contribution in [-0.4, -0.2) is 69.6 Å². The van der Waals surface area contributed by atoms with Gasteiger partial charge in [0.25, 0.3) is 11.8 Å². The van der Waals surface area contributed by atoms with Gasteiger partial charge in [-0.25, -0.2) is 0 Å². The summed E-state index contributed by atoms with van der Waals surface area (Å²) in [4.78, 5) is 42.1. The van der Waals surface area contributed by atoms with Crippen LogP contribution in [0.1, 0.15) is 20.7 Å². The van der Waals surface area contributed by atoms with Crippen LogP contribution in [0.3, 0.4) is 0 Å². The number of nitrogens with one attached hydrogen (secondary N) is 2. The lowest BCUT2D eigenvalue weighted by Gasteiger charge is -2.37. The zero-order valence-corrected chi connectivity index (χ0v) is 20.9. The highest BCUT2D eigenvalue weighted by atomic mass is 16.5. The Bertz CT molecular complexity index is 1260. The summed E-state index contributed by atoms with van der Waals surface area (Å²) >= 11 is 0. The van der Waals surface area contributed by atoms with E-state index in [1.807, 2.05) is 48.5 Å². The Balaban J connectivity index is 1.32. The first-order valence-electron chi connectivity index (χ1n) is 12.0. The van der Waals surface area contributed by atoms with Crippen molar-refractivity contribution in [3.8, 4) is 11.5 Å². The summed E-state index contributed by atoms with van der Waals surface area (Å²) in [6.07, 6.45) is 0. The summed E-state index contributed by atoms with van der Waals surface area (Å²) in [7, 11) is 3.02. The smallest absolute Gasteiger partial charge is 0.257 e. The normalized spacial score (nSPS) is 13.0. The topological polar surface area (TPSA) is 100 Å². The number of ether oxygens (including phenoxy) is 2. The second kappa shape index (κ2) is 11.9. The maximum Gasteiger partial charge on any atom is 0.257 e. The first-order chi connectivity index (χ1) is 18.0. The van der Waals surface area contributed by atoms with Gasteiger partial charge in [0.1, 0.15) is 0 Å². The number of nitrogens with zero attached hydrogens (tertiary/aromatic N) is 2. The molecular formula is C28H30N4O5. The zero-order chi connectivity index (χ0) is 26.2. The van der Waals surface area contributed by atoms with Gasteiger partial charge in [0.15, 0.2) is 11.5 Å². The summed E-state index contributed by atoms with van der Waals surface area (Å²) < 4.78 is 10.4. The molecule has 3 amide bonds. The SMILES string of the molecule is COc1ccc(C(=O)NCC(=O)N2CCN(c3ccccc3C(=O)Nc3ccccc3)CC2)cc1OC. The fourth-order valence-electron chi connectivity index (χ4n) is 4.21. The largest absolute Gasteiger partial charge is 0.493 e. The van der Waals surface area contributed by atoms with E-state index in [0.717, 1.165) is 11.4 Å². The van der Waals surface area contributed by atoms with Crippen LogP contribution in [0.2, 0.25) is 0 Å². The molecule has 3 aromatic rings. The maximum atomic E-state index is 12.9. The van der Waals surface area contributed by atoms with Gasteiger partial charge in [0.2, 0.25) is 5.91 Å². The van der Waals surface area contributed by atoms with Crippen molar-refractivity contribution in [1.82, 2.24) is 10.2 Å². The second-order valence-electron chi connectivity index (χ2n) is 8.46. The molecule has 1 aliphatic heterocycles.